The molecule has 1 aliphatic heterocycles. The van der Waals surface area contributed by atoms with Gasteiger partial charge in [-0.2, -0.15) is 5.10 Å². The Bertz CT molecular complexity index is 971. The molecule has 0 amide bonds. The summed E-state index contributed by atoms with van der Waals surface area (Å²) in [6.07, 6.45) is -4.80. The fourth-order valence-corrected chi connectivity index (χ4v) is 4.62. The van der Waals surface area contributed by atoms with Gasteiger partial charge in [-0.1, -0.05) is 23.8 Å². The van der Waals surface area contributed by atoms with Gasteiger partial charge in [0.15, 0.2) is 12.4 Å². The quantitative estimate of drug-likeness (QED) is 0.227. The number of ether oxygens (including phenoxy) is 2. The number of aliphatic hydroxyl groups is 5. The summed E-state index contributed by atoms with van der Waals surface area (Å²) < 4.78 is 12.0. The first-order valence-corrected chi connectivity index (χ1v) is 11.3. The Balaban J connectivity index is 1.48. The third kappa shape index (κ3) is 4.74. The predicted octanol–water partition coefficient (Wildman–Crippen LogP) is -1.13. The van der Waals surface area contributed by atoms with Crippen LogP contribution in [0.5, 0.6) is 0 Å². The lowest BCUT2D eigenvalue weighted by Crippen LogP contribution is -2.61. The lowest BCUT2D eigenvalue weighted by molar-refractivity contribution is -0.304. The van der Waals surface area contributed by atoms with Crippen molar-refractivity contribution in [3.63, 3.8) is 0 Å². The third-order valence-electron chi connectivity index (χ3n) is 6.36. The Morgan fingerprint density at radius 3 is 2.56 bits per heavy atom. The maximum absolute atomic E-state index is 11.4. The molecule has 12 nitrogen and oxygen atoms in total. The van der Waals surface area contributed by atoms with Crippen LogP contribution in [-0.4, -0.2) is 105 Å². The van der Waals surface area contributed by atoms with E-state index in [0.29, 0.717) is 18.4 Å². The highest BCUT2D eigenvalue weighted by atomic mass is 35.5. The number of hydrogen-bond donors (Lipinski definition) is 6. The van der Waals surface area contributed by atoms with Crippen molar-refractivity contribution in [3.8, 4) is 0 Å². The van der Waals surface area contributed by atoms with Crippen molar-refractivity contribution < 1.29 is 44.9 Å². The fraction of sp³-hybridized carbons (Fsp3) is 0.650. The highest BCUT2D eigenvalue weighted by Crippen LogP contribution is 2.54. The smallest absolute Gasteiger partial charge is 0.335 e. The van der Waals surface area contributed by atoms with Crippen molar-refractivity contribution in [2.45, 2.75) is 79.2 Å². The van der Waals surface area contributed by atoms with Crippen molar-refractivity contribution in [1.29, 1.82) is 0 Å². The van der Waals surface area contributed by atoms with Gasteiger partial charge >= 0.3 is 5.97 Å². The van der Waals surface area contributed by atoms with Gasteiger partial charge in [-0.25, -0.2) is 14.5 Å². The fourth-order valence-electron chi connectivity index (χ4n) is 4.14. The molecule has 188 valence electrons. The van der Waals surface area contributed by atoms with Gasteiger partial charge in [0.25, 0.3) is 0 Å². The molecule has 0 aromatic carbocycles. The average molecular weight is 522 g/mol. The minimum absolute atomic E-state index is 0.00990. The molecule has 34 heavy (non-hydrogen) atoms. The summed E-state index contributed by atoms with van der Waals surface area (Å²) in [5.74, 6) is -1.56. The number of aliphatic carboxylic acids is 1. The molecule has 2 heterocycles. The van der Waals surface area contributed by atoms with E-state index in [1.807, 2.05) is 0 Å². The van der Waals surface area contributed by atoms with Crippen molar-refractivity contribution in [2.24, 2.45) is 0 Å². The summed E-state index contributed by atoms with van der Waals surface area (Å²) in [5.41, 5.74) is -1.06. The van der Waals surface area contributed by atoms with Gasteiger partial charge in [-0.3, -0.25) is 0 Å². The molecule has 1 saturated heterocycles. The molecular weight excluding hydrogens is 497 g/mol. The van der Waals surface area contributed by atoms with E-state index in [2.05, 4.69) is 10.1 Å². The summed E-state index contributed by atoms with van der Waals surface area (Å²) in [7, 11) is 0. The Labute approximate surface area is 203 Å². The van der Waals surface area contributed by atoms with E-state index in [4.69, 9.17) is 37.8 Å². The zero-order valence-electron chi connectivity index (χ0n) is 17.7. The van der Waals surface area contributed by atoms with E-state index in [1.165, 1.54) is 29.5 Å². The second kappa shape index (κ2) is 9.45. The molecule has 0 spiro atoms. The van der Waals surface area contributed by atoms with Gasteiger partial charge in [0.05, 0.1) is 16.5 Å². The Morgan fingerprint density at radius 1 is 1.26 bits per heavy atom. The molecule has 8 atom stereocenters. The molecule has 6 N–H and O–H groups in total. The second-order valence-electron chi connectivity index (χ2n) is 8.78. The normalized spacial score (nSPS) is 36.9. The highest BCUT2D eigenvalue weighted by molar-refractivity contribution is 6.31. The Morgan fingerprint density at radius 2 is 1.97 bits per heavy atom. The van der Waals surface area contributed by atoms with Crippen LogP contribution in [0.4, 0.5) is 0 Å². The molecule has 3 aliphatic rings. The van der Waals surface area contributed by atoms with Crippen LogP contribution in [0.3, 0.4) is 0 Å². The van der Waals surface area contributed by atoms with Crippen molar-refractivity contribution in [1.82, 2.24) is 14.8 Å². The molecule has 0 radical (unpaired) electrons. The van der Waals surface area contributed by atoms with Gasteiger partial charge in [0, 0.05) is 6.42 Å². The van der Waals surface area contributed by atoms with Crippen LogP contribution in [0, 0.1) is 0 Å². The van der Waals surface area contributed by atoms with Crippen LogP contribution in [0.15, 0.2) is 35.4 Å². The van der Waals surface area contributed by atoms with Gasteiger partial charge < -0.3 is 40.1 Å². The van der Waals surface area contributed by atoms with Crippen molar-refractivity contribution in [3.05, 3.63) is 35.4 Å². The molecule has 1 aromatic heterocycles. The number of nitrogens with zero attached hydrogens (tertiary/aromatic N) is 3. The van der Waals surface area contributed by atoms with Crippen LogP contribution in [0.2, 0.25) is 0 Å². The largest absolute Gasteiger partial charge is 0.479 e. The number of rotatable bonds is 8. The first kappa shape index (κ1) is 25.5. The molecule has 14 heteroatoms. The summed E-state index contributed by atoms with van der Waals surface area (Å²) in [4.78, 5) is 14.3. The molecular formula is C20H25Cl2N3O9. The van der Waals surface area contributed by atoms with Crippen LogP contribution < -0.4 is 0 Å². The summed E-state index contributed by atoms with van der Waals surface area (Å²) in [5, 5.41) is 65.2. The minimum atomic E-state index is -1.87. The predicted molar refractivity (Wildman–Crippen MR) is 115 cm³/mol. The molecule has 2 fully saturated rings. The van der Waals surface area contributed by atoms with E-state index >= 15 is 0 Å². The van der Waals surface area contributed by atoms with E-state index < -0.39 is 59.4 Å². The molecule has 0 bridgehead atoms. The number of hydrogen-bond acceptors (Lipinski definition) is 10. The SMILES string of the molecule is O=C(O)[C@H]1O[C@@H](OC2C=CC(CC(O)(Cn3cncn3)C3(Cl)CC3)=C(Cl)C2O)[C@H](O)[C@@H](O)[C@@H]1O. The monoisotopic (exact) mass is 521 g/mol. The zero-order valence-corrected chi connectivity index (χ0v) is 19.2. The van der Waals surface area contributed by atoms with Crippen molar-refractivity contribution >= 4 is 29.2 Å². The lowest BCUT2D eigenvalue weighted by atomic mass is 9.86. The van der Waals surface area contributed by atoms with Crippen molar-refractivity contribution in [2.75, 3.05) is 0 Å². The summed E-state index contributed by atoms with van der Waals surface area (Å²) >= 11 is 13.0. The molecule has 4 rings (SSSR count). The first-order valence-electron chi connectivity index (χ1n) is 10.5. The molecule has 1 aromatic rings. The average Bonchev–Trinajstić information content (AvgIpc) is 3.35. The number of halogens is 2. The van der Waals surface area contributed by atoms with Crippen LogP contribution in [0.25, 0.3) is 0 Å². The number of aromatic nitrogens is 3. The Hall–Kier alpha value is -1.61. The van der Waals surface area contributed by atoms with E-state index in [0.717, 1.165) is 0 Å². The second-order valence-corrected chi connectivity index (χ2v) is 9.91. The molecule has 1 saturated carbocycles. The first-order chi connectivity index (χ1) is 16.0. The highest BCUT2D eigenvalue weighted by Gasteiger charge is 2.58. The zero-order chi connectivity index (χ0) is 24.8. The lowest BCUT2D eigenvalue weighted by Gasteiger charge is -2.40. The van der Waals surface area contributed by atoms with Crippen LogP contribution in [0.1, 0.15) is 19.3 Å². The standard InChI is InChI=1S/C20H25Cl2N3O9/c21-11-9(5-20(32,19(22)3-4-19)6-25-8-23-7-24-25)1-2-10(12(11)26)33-18-15(29)13(27)14(28)16(34-18)17(30)31/h1-2,7-8,10,12-16,18,26-29,32H,3-6H2,(H,30,31)/t10?,12?,13-,14-,15+,16-,18+,20?/m0/s1. The van der Waals surface area contributed by atoms with Gasteiger partial charge in [0.2, 0.25) is 0 Å². The number of carboxylic acid groups (broad SMARTS) is 1. The van der Waals surface area contributed by atoms with Gasteiger partial charge in [-0.15, -0.1) is 11.6 Å². The van der Waals surface area contributed by atoms with Gasteiger partial charge in [-0.05, 0) is 18.4 Å². The minimum Gasteiger partial charge on any atom is -0.479 e. The van der Waals surface area contributed by atoms with Gasteiger partial charge in [0.1, 0.15) is 48.8 Å². The summed E-state index contributed by atoms with van der Waals surface area (Å²) in [6.45, 7) is 0.0485. The molecule has 2 aliphatic carbocycles. The third-order valence-corrected chi connectivity index (χ3v) is 7.56. The number of aliphatic hydroxyl groups excluding tert-OH is 4. The maximum Gasteiger partial charge on any atom is 0.335 e. The topological polar surface area (TPSA) is 188 Å². The number of carboxylic acids is 1. The molecule has 3 unspecified atom stereocenters. The van der Waals surface area contributed by atoms with E-state index in [1.54, 1.807) is 0 Å². The summed E-state index contributed by atoms with van der Waals surface area (Å²) in [6, 6.07) is 0. The van der Waals surface area contributed by atoms with E-state index in [9.17, 15) is 30.3 Å². The van der Waals surface area contributed by atoms with Crippen LogP contribution in [-0.2, 0) is 20.8 Å². The van der Waals surface area contributed by atoms with E-state index in [-0.39, 0.29) is 18.0 Å². The number of allylic oxidation sites excluding steroid dienone is 1. The number of alkyl halides is 1. The van der Waals surface area contributed by atoms with Crippen LogP contribution >= 0.6 is 23.2 Å². The Kier molecular flexibility index (Phi) is 7.08. The number of carbonyl (C=O) groups is 1. The maximum atomic E-state index is 11.4.